The number of aryl methyl sites for hydroxylation is 2. The third-order valence-corrected chi connectivity index (χ3v) is 6.82. The van der Waals surface area contributed by atoms with E-state index in [1.807, 2.05) is 32.0 Å². The lowest BCUT2D eigenvalue weighted by atomic mass is 10.2. The van der Waals surface area contributed by atoms with Crippen molar-refractivity contribution in [3.63, 3.8) is 0 Å². The van der Waals surface area contributed by atoms with Gasteiger partial charge in [-0.2, -0.15) is 4.31 Å². The summed E-state index contributed by atoms with van der Waals surface area (Å²) in [7, 11) is -3.15. The molecular formula is C20H29N5O2S. The van der Waals surface area contributed by atoms with E-state index in [0.717, 1.165) is 23.7 Å². The van der Waals surface area contributed by atoms with E-state index in [1.54, 1.807) is 4.31 Å². The lowest BCUT2D eigenvalue weighted by Crippen LogP contribution is -2.49. The number of nitrogens with zero attached hydrogens (tertiary/aromatic N) is 4. The summed E-state index contributed by atoms with van der Waals surface area (Å²) in [6.07, 6.45) is 1.60. The van der Waals surface area contributed by atoms with Crippen molar-refractivity contribution in [3.8, 4) is 0 Å². The molecule has 0 spiro atoms. The molecule has 1 fully saturated rings. The van der Waals surface area contributed by atoms with Gasteiger partial charge in [0.05, 0.1) is 5.75 Å². The molecule has 1 saturated heterocycles. The van der Waals surface area contributed by atoms with E-state index in [0.29, 0.717) is 38.4 Å². The molecular weight excluding hydrogens is 374 g/mol. The summed E-state index contributed by atoms with van der Waals surface area (Å²) in [4.78, 5) is 11.2. The van der Waals surface area contributed by atoms with Crippen molar-refractivity contribution in [3.05, 3.63) is 41.7 Å². The van der Waals surface area contributed by atoms with Gasteiger partial charge in [-0.15, -0.1) is 0 Å². The summed E-state index contributed by atoms with van der Waals surface area (Å²) in [5.41, 5.74) is 2.18. The van der Waals surface area contributed by atoms with Gasteiger partial charge in [-0.25, -0.2) is 18.4 Å². The molecule has 1 aliphatic heterocycles. The number of aromatic nitrogens is 2. The highest BCUT2D eigenvalue weighted by Gasteiger charge is 2.27. The summed E-state index contributed by atoms with van der Waals surface area (Å²) >= 11 is 0. The molecule has 1 aromatic carbocycles. The van der Waals surface area contributed by atoms with Crippen molar-refractivity contribution >= 4 is 27.3 Å². The van der Waals surface area contributed by atoms with Crippen LogP contribution < -0.4 is 10.2 Å². The Morgan fingerprint density at radius 2 is 1.71 bits per heavy atom. The Morgan fingerprint density at radius 3 is 2.36 bits per heavy atom. The van der Waals surface area contributed by atoms with Gasteiger partial charge in [-0.3, -0.25) is 0 Å². The van der Waals surface area contributed by atoms with Gasteiger partial charge in [0.1, 0.15) is 17.5 Å². The first-order valence-electron chi connectivity index (χ1n) is 9.79. The van der Waals surface area contributed by atoms with Gasteiger partial charge in [0.25, 0.3) is 0 Å². The average molecular weight is 404 g/mol. The highest BCUT2D eigenvalue weighted by molar-refractivity contribution is 7.89. The minimum absolute atomic E-state index is 0.237. The Bertz CT molecular complexity index is 891. The zero-order chi connectivity index (χ0) is 20.1. The molecule has 0 amide bonds. The van der Waals surface area contributed by atoms with Gasteiger partial charge in [-0.1, -0.05) is 31.0 Å². The number of piperazine rings is 1. The Hall–Kier alpha value is -2.19. The van der Waals surface area contributed by atoms with Gasteiger partial charge >= 0.3 is 0 Å². The zero-order valence-corrected chi connectivity index (χ0v) is 17.7. The number of nitrogens with one attached hydrogen (secondary N) is 1. The van der Waals surface area contributed by atoms with Crippen LogP contribution in [0.2, 0.25) is 0 Å². The molecule has 1 N–H and O–H groups in total. The number of benzene rings is 1. The van der Waals surface area contributed by atoms with Crippen molar-refractivity contribution in [2.75, 3.05) is 42.1 Å². The van der Waals surface area contributed by atoms with E-state index >= 15 is 0 Å². The molecule has 3 rings (SSSR count). The lowest BCUT2D eigenvalue weighted by molar-refractivity contribution is 0.383. The molecule has 2 heterocycles. The molecule has 1 aliphatic rings. The van der Waals surface area contributed by atoms with Crippen LogP contribution in [0.4, 0.5) is 17.3 Å². The normalized spacial score (nSPS) is 15.6. The first-order chi connectivity index (χ1) is 13.4. The zero-order valence-electron chi connectivity index (χ0n) is 16.9. The number of hydrogen-bond donors (Lipinski definition) is 1. The topological polar surface area (TPSA) is 78.4 Å². The maximum atomic E-state index is 12.4. The molecule has 0 aliphatic carbocycles. The van der Waals surface area contributed by atoms with Gasteiger partial charge in [0.15, 0.2) is 0 Å². The Morgan fingerprint density at radius 1 is 1.04 bits per heavy atom. The number of anilines is 3. The molecule has 2 aromatic rings. The van der Waals surface area contributed by atoms with Gasteiger partial charge in [-0.05, 0) is 32.4 Å². The van der Waals surface area contributed by atoms with Crippen molar-refractivity contribution < 1.29 is 8.42 Å². The molecule has 0 saturated carbocycles. The van der Waals surface area contributed by atoms with E-state index < -0.39 is 10.0 Å². The van der Waals surface area contributed by atoms with E-state index in [-0.39, 0.29) is 5.75 Å². The highest BCUT2D eigenvalue weighted by atomic mass is 32.2. The molecule has 0 unspecified atom stereocenters. The predicted molar refractivity (Wildman–Crippen MR) is 114 cm³/mol. The average Bonchev–Trinajstić information content (AvgIpc) is 2.68. The van der Waals surface area contributed by atoms with Crippen molar-refractivity contribution in [1.29, 1.82) is 0 Å². The predicted octanol–water partition coefficient (Wildman–Crippen LogP) is 3.09. The second-order valence-corrected chi connectivity index (χ2v) is 9.29. The van der Waals surface area contributed by atoms with Crippen LogP contribution in [0, 0.1) is 13.8 Å². The van der Waals surface area contributed by atoms with Crippen LogP contribution in [0.5, 0.6) is 0 Å². The van der Waals surface area contributed by atoms with Crippen molar-refractivity contribution in [1.82, 2.24) is 14.3 Å². The van der Waals surface area contributed by atoms with Gasteiger partial charge < -0.3 is 10.2 Å². The molecule has 0 radical (unpaired) electrons. The highest BCUT2D eigenvalue weighted by Crippen LogP contribution is 2.22. The number of unbranched alkanes of at least 4 members (excludes halogenated alkanes) is 1. The number of rotatable bonds is 7. The summed E-state index contributed by atoms with van der Waals surface area (Å²) in [6.45, 7) is 8.18. The smallest absolute Gasteiger partial charge is 0.214 e. The molecule has 8 heteroatoms. The monoisotopic (exact) mass is 403 g/mol. The molecule has 152 valence electrons. The first kappa shape index (κ1) is 20.5. The molecule has 0 atom stereocenters. The first-order valence-corrected chi connectivity index (χ1v) is 11.4. The van der Waals surface area contributed by atoms with Crippen molar-refractivity contribution in [2.45, 2.75) is 33.6 Å². The molecule has 28 heavy (non-hydrogen) atoms. The van der Waals surface area contributed by atoms with Crippen LogP contribution in [0.1, 0.15) is 31.2 Å². The lowest BCUT2D eigenvalue weighted by Gasteiger charge is -2.34. The second kappa shape index (κ2) is 8.87. The maximum absolute atomic E-state index is 12.4. The third kappa shape index (κ3) is 5.20. The van der Waals surface area contributed by atoms with E-state index in [4.69, 9.17) is 0 Å². The minimum Gasteiger partial charge on any atom is -0.354 e. The number of sulfonamides is 1. The van der Waals surface area contributed by atoms with Crippen molar-refractivity contribution in [2.24, 2.45) is 0 Å². The Kier molecular flexibility index (Phi) is 6.51. The number of hydrogen-bond acceptors (Lipinski definition) is 6. The van der Waals surface area contributed by atoms with Crippen LogP contribution in [-0.4, -0.2) is 54.6 Å². The molecule has 1 aromatic heterocycles. The standard InChI is InChI=1S/C20H29N5O2S/c1-4-5-14-28(26,27)25-12-10-24(11-13-25)20-15-19(21-17(3)22-20)23-18-8-6-16(2)7-9-18/h6-9,15H,4-5,10-14H2,1-3H3,(H,21,22,23). The second-order valence-electron chi connectivity index (χ2n) is 7.21. The SMILES string of the molecule is CCCCS(=O)(=O)N1CCN(c2cc(Nc3ccc(C)cc3)nc(C)n2)CC1. The third-order valence-electron chi connectivity index (χ3n) is 4.86. The quantitative estimate of drug-likeness (QED) is 0.765. The van der Waals surface area contributed by atoms with Crippen LogP contribution >= 0.6 is 0 Å². The largest absolute Gasteiger partial charge is 0.354 e. The van der Waals surface area contributed by atoms with Gasteiger partial charge in [0.2, 0.25) is 10.0 Å². The Labute approximate surface area is 167 Å². The van der Waals surface area contributed by atoms with Crippen LogP contribution in [-0.2, 0) is 10.0 Å². The van der Waals surface area contributed by atoms with E-state index in [9.17, 15) is 8.42 Å². The fraction of sp³-hybridized carbons (Fsp3) is 0.500. The summed E-state index contributed by atoms with van der Waals surface area (Å²) in [6, 6.07) is 10.1. The summed E-state index contributed by atoms with van der Waals surface area (Å²) < 4.78 is 26.4. The van der Waals surface area contributed by atoms with E-state index in [2.05, 4.69) is 39.2 Å². The van der Waals surface area contributed by atoms with Crippen LogP contribution in [0.25, 0.3) is 0 Å². The van der Waals surface area contributed by atoms with Gasteiger partial charge in [0, 0.05) is 37.9 Å². The molecule has 0 bridgehead atoms. The summed E-state index contributed by atoms with van der Waals surface area (Å²) in [5.74, 6) is 2.49. The fourth-order valence-electron chi connectivity index (χ4n) is 3.21. The molecule has 7 nitrogen and oxygen atoms in total. The van der Waals surface area contributed by atoms with E-state index in [1.165, 1.54) is 5.56 Å². The van der Waals surface area contributed by atoms with Crippen LogP contribution in [0.3, 0.4) is 0 Å². The maximum Gasteiger partial charge on any atom is 0.214 e. The summed E-state index contributed by atoms with van der Waals surface area (Å²) in [5, 5.41) is 3.32. The Balaban J connectivity index is 1.68. The fourth-order valence-corrected chi connectivity index (χ4v) is 4.85. The van der Waals surface area contributed by atoms with Crippen LogP contribution in [0.15, 0.2) is 30.3 Å². The minimum atomic E-state index is -3.15.